The summed E-state index contributed by atoms with van der Waals surface area (Å²) in [5, 5.41) is 0. The van der Waals surface area contributed by atoms with Crippen molar-refractivity contribution in [2.45, 2.75) is 51.0 Å². The zero-order valence-electron chi connectivity index (χ0n) is 20.9. The van der Waals surface area contributed by atoms with Gasteiger partial charge in [0.1, 0.15) is 5.75 Å². The largest absolute Gasteiger partial charge is 0.480 e. The Morgan fingerprint density at radius 3 is 2.12 bits per heavy atom. The third-order valence-electron chi connectivity index (χ3n) is 6.58. The van der Waals surface area contributed by atoms with E-state index in [-0.39, 0.29) is 17.5 Å². The highest BCUT2D eigenvalue weighted by atomic mass is 32.2. The minimum atomic E-state index is -0.937. The van der Waals surface area contributed by atoms with Crippen LogP contribution in [0.2, 0.25) is 0 Å². The average Bonchev–Trinajstić information content (AvgIpc) is 3.25. The quantitative estimate of drug-likeness (QED) is 0.386. The van der Waals surface area contributed by atoms with E-state index in [1.807, 2.05) is 56.5 Å². The van der Waals surface area contributed by atoms with Gasteiger partial charge in [0.2, 0.25) is 0 Å². The molecule has 1 amide bonds. The minimum absolute atomic E-state index is 0.0115. The van der Waals surface area contributed by atoms with Crippen molar-refractivity contribution in [2.75, 3.05) is 26.5 Å². The molecular formula is C27H33NO5S. The van der Waals surface area contributed by atoms with Crippen LogP contribution >= 0.6 is 11.8 Å². The normalized spacial score (nSPS) is 18.0. The molecule has 6 nitrogen and oxygen atoms in total. The van der Waals surface area contributed by atoms with E-state index >= 15 is 0 Å². The number of carbonyl (C=O) groups is 3. The second kappa shape index (κ2) is 10.2. The van der Waals surface area contributed by atoms with Gasteiger partial charge in [-0.25, -0.2) is 4.79 Å². The Labute approximate surface area is 206 Å². The first-order valence-electron chi connectivity index (χ1n) is 11.3. The molecule has 3 rings (SSSR count). The molecule has 0 N–H and O–H groups in total. The number of nitrogens with zero attached hydrogens (tertiary/aromatic N) is 1. The number of thioether (sulfide) groups is 1. The summed E-state index contributed by atoms with van der Waals surface area (Å²) in [6.45, 7) is 9.59. The summed E-state index contributed by atoms with van der Waals surface area (Å²) >= 11 is 1.62. The molecule has 0 radical (unpaired) electrons. The van der Waals surface area contributed by atoms with Gasteiger partial charge in [-0.05, 0) is 69.7 Å². The molecule has 0 saturated carbocycles. The van der Waals surface area contributed by atoms with Gasteiger partial charge in [0.25, 0.3) is 0 Å². The van der Waals surface area contributed by atoms with Crippen LogP contribution in [0, 0.1) is 19.8 Å². The molecule has 1 aliphatic heterocycles. The number of aryl methyl sites for hydroxylation is 2. The molecule has 1 fully saturated rings. The molecule has 0 aliphatic carbocycles. The molecule has 2 atom stereocenters. The van der Waals surface area contributed by atoms with Gasteiger partial charge in [-0.2, -0.15) is 0 Å². The van der Waals surface area contributed by atoms with Crippen molar-refractivity contribution in [1.29, 1.82) is 0 Å². The SMILES string of the molecule is COC(=O)N1C[C@@H](C(=O)c2ccc(SC)cc2)[C@H](c2cc(C)c(OC(C)(C)C(C)=O)c(C)c2)C1. The summed E-state index contributed by atoms with van der Waals surface area (Å²) < 4.78 is 11.0. The lowest BCUT2D eigenvalue weighted by molar-refractivity contribution is -0.129. The monoisotopic (exact) mass is 483 g/mol. The Morgan fingerprint density at radius 2 is 1.62 bits per heavy atom. The van der Waals surface area contributed by atoms with Crippen molar-refractivity contribution in [3.63, 3.8) is 0 Å². The lowest BCUT2D eigenvalue weighted by Gasteiger charge is -2.27. The third kappa shape index (κ3) is 5.30. The van der Waals surface area contributed by atoms with E-state index in [1.54, 1.807) is 30.5 Å². The van der Waals surface area contributed by atoms with Crippen molar-refractivity contribution in [1.82, 2.24) is 4.90 Å². The van der Waals surface area contributed by atoms with Gasteiger partial charge in [-0.1, -0.05) is 24.3 Å². The van der Waals surface area contributed by atoms with Crippen molar-refractivity contribution < 1.29 is 23.9 Å². The highest BCUT2D eigenvalue weighted by Gasteiger charge is 2.41. The first-order chi connectivity index (χ1) is 16.0. The summed E-state index contributed by atoms with van der Waals surface area (Å²) in [5.41, 5.74) is 2.44. The number of hydrogen-bond acceptors (Lipinski definition) is 6. The molecule has 1 heterocycles. The van der Waals surface area contributed by atoms with Gasteiger partial charge in [-0.3, -0.25) is 9.59 Å². The summed E-state index contributed by atoms with van der Waals surface area (Å²) in [7, 11) is 1.35. The molecule has 0 spiro atoms. The van der Waals surface area contributed by atoms with E-state index in [4.69, 9.17) is 9.47 Å². The molecule has 182 valence electrons. The van der Waals surface area contributed by atoms with E-state index in [0.717, 1.165) is 21.6 Å². The summed E-state index contributed by atoms with van der Waals surface area (Å²) in [6.07, 6.45) is 1.56. The first kappa shape index (κ1) is 25.8. The van der Waals surface area contributed by atoms with Crippen LogP contribution in [0.3, 0.4) is 0 Å². The van der Waals surface area contributed by atoms with Gasteiger partial charge < -0.3 is 14.4 Å². The predicted molar refractivity (Wildman–Crippen MR) is 134 cm³/mol. The van der Waals surface area contributed by atoms with Crippen molar-refractivity contribution in [2.24, 2.45) is 5.92 Å². The number of methoxy groups -OCH3 is 1. The van der Waals surface area contributed by atoms with Crippen molar-refractivity contribution in [3.8, 4) is 5.75 Å². The second-order valence-electron chi connectivity index (χ2n) is 9.33. The highest BCUT2D eigenvalue weighted by molar-refractivity contribution is 7.98. The fourth-order valence-corrected chi connectivity index (χ4v) is 4.75. The van der Waals surface area contributed by atoms with Gasteiger partial charge >= 0.3 is 6.09 Å². The first-order valence-corrected chi connectivity index (χ1v) is 12.5. The maximum atomic E-state index is 13.5. The maximum Gasteiger partial charge on any atom is 0.409 e. The second-order valence-corrected chi connectivity index (χ2v) is 10.2. The summed E-state index contributed by atoms with van der Waals surface area (Å²) in [6, 6.07) is 11.6. The number of hydrogen-bond donors (Lipinski definition) is 0. The zero-order valence-corrected chi connectivity index (χ0v) is 21.7. The lowest BCUT2D eigenvalue weighted by atomic mass is 9.82. The Morgan fingerprint density at radius 1 is 1.03 bits per heavy atom. The van der Waals surface area contributed by atoms with Crippen molar-refractivity contribution in [3.05, 3.63) is 58.7 Å². The van der Waals surface area contributed by atoms with E-state index in [1.165, 1.54) is 14.0 Å². The number of amides is 1. The number of Topliss-reactive ketones (excluding diaryl/α,β-unsaturated/α-hetero) is 2. The standard InChI is InChI=1S/C27H33NO5S/c1-16-12-20(13-17(2)25(16)33-27(4,5)18(3)29)22-14-28(26(31)32-6)15-23(22)24(30)19-8-10-21(34-7)11-9-19/h8-13,22-23H,14-15H2,1-7H3/t22-,23+/m0/s1. The molecule has 2 aromatic rings. The Hall–Kier alpha value is -2.80. The molecule has 1 aliphatic rings. The van der Waals surface area contributed by atoms with Gasteiger partial charge in [0, 0.05) is 35.4 Å². The molecule has 7 heteroatoms. The number of benzene rings is 2. The maximum absolute atomic E-state index is 13.5. The van der Waals surface area contributed by atoms with Crippen LogP contribution in [0.1, 0.15) is 53.7 Å². The van der Waals surface area contributed by atoms with Crippen LogP contribution in [0.25, 0.3) is 0 Å². The average molecular weight is 484 g/mol. The smallest absolute Gasteiger partial charge is 0.409 e. The van der Waals surface area contributed by atoms with Crippen LogP contribution in [0.5, 0.6) is 5.75 Å². The molecule has 2 aromatic carbocycles. The predicted octanol–water partition coefficient (Wildman–Crippen LogP) is 5.44. The topological polar surface area (TPSA) is 72.9 Å². The van der Waals surface area contributed by atoms with Crippen LogP contribution < -0.4 is 4.74 Å². The summed E-state index contributed by atoms with van der Waals surface area (Å²) in [5.74, 6) is 0.0512. The number of ether oxygens (including phenoxy) is 2. The number of ketones is 2. The van der Waals surface area contributed by atoms with Crippen LogP contribution in [-0.2, 0) is 9.53 Å². The Kier molecular flexibility index (Phi) is 7.76. The van der Waals surface area contributed by atoms with E-state index in [2.05, 4.69) is 0 Å². The van der Waals surface area contributed by atoms with Crippen LogP contribution in [-0.4, -0.2) is 54.6 Å². The fraction of sp³-hybridized carbons (Fsp3) is 0.444. The zero-order chi connectivity index (χ0) is 25.2. The molecular weight excluding hydrogens is 450 g/mol. The Balaban J connectivity index is 1.97. The van der Waals surface area contributed by atoms with Crippen molar-refractivity contribution >= 4 is 29.4 Å². The van der Waals surface area contributed by atoms with E-state index in [9.17, 15) is 14.4 Å². The molecule has 0 unspecified atom stereocenters. The summed E-state index contributed by atoms with van der Waals surface area (Å²) in [4.78, 5) is 40.5. The van der Waals surface area contributed by atoms with E-state index < -0.39 is 17.6 Å². The lowest BCUT2D eigenvalue weighted by Crippen LogP contribution is -2.36. The highest BCUT2D eigenvalue weighted by Crippen LogP contribution is 2.39. The van der Waals surface area contributed by atoms with Crippen LogP contribution in [0.15, 0.2) is 41.3 Å². The number of carbonyl (C=O) groups excluding carboxylic acids is 3. The van der Waals surface area contributed by atoms with Gasteiger partial charge in [0.15, 0.2) is 17.2 Å². The number of rotatable bonds is 7. The molecule has 1 saturated heterocycles. The molecule has 0 aromatic heterocycles. The molecule has 0 bridgehead atoms. The van der Waals surface area contributed by atoms with Crippen LogP contribution in [0.4, 0.5) is 4.79 Å². The Bertz CT molecular complexity index is 1070. The molecule has 34 heavy (non-hydrogen) atoms. The third-order valence-corrected chi connectivity index (χ3v) is 7.32. The minimum Gasteiger partial charge on any atom is -0.480 e. The van der Waals surface area contributed by atoms with Gasteiger partial charge in [0.05, 0.1) is 7.11 Å². The van der Waals surface area contributed by atoms with E-state index in [0.29, 0.717) is 24.4 Å². The number of likely N-dealkylation sites (tertiary alicyclic amines) is 1. The fourth-order valence-electron chi connectivity index (χ4n) is 4.34. The van der Waals surface area contributed by atoms with Gasteiger partial charge in [-0.15, -0.1) is 11.8 Å².